The van der Waals surface area contributed by atoms with Gasteiger partial charge in [0.1, 0.15) is 5.84 Å². The number of nitro groups is 1. The van der Waals surface area contributed by atoms with E-state index in [-0.39, 0.29) is 10.6 Å². The highest BCUT2D eigenvalue weighted by Crippen LogP contribution is 2.32. The van der Waals surface area contributed by atoms with Crippen LogP contribution in [-0.4, -0.2) is 39.9 Å². The van der Waals surface area contributed by atoms with E-state index >= 15 is 0 Å². The zero-order valence-corrected chi connectivity index (χ0v) is 19.7. The van der Waals surface area contributed by atoms with Crippen molar-refractivity contribution in [2.75, 3.05) is 19.6 Å². The number of piperidine rings is 1. The fraction of sp³-hybridized carbons (Fsp3) is 0.269. The summed E-state index contributed by atoms with van der Waals surface area (Å²) < 4.78 is 2.32. The average molecular weight is 474 g/mol. The lowest BCUT2D eigenvalue weighted by Crippen LogP contribution is -2.32. The van der Waals surface area contributed by atoms with Crippen molar-refractivity contribution in [1.82, 2.24) is 9.47 Å². The summed E-state index contributed by atoms with van der Waals surface area (Å²) in [5.74, 6) is 0.509. The van der Waals surface area contributed by atoms with E-state index in [1.165, 1.54) is 19.3 Å². The maximum atomic E-state index is 11.1. The molecule has 1 aliphatic heterocycles. The fourth-order valence-corrected chi connectivity index (χ4v) is 5.23. The number of hydrogen-bond donors (Lipinski definition) is 1. The molecule has 0 radical (unpaired) electrons. The first-order valence-corrected chi connectivity index (χ1v) is 12.4. The second kappa shape index (κ2) is 9.79. The van der Waals surface area contributed by atoms with E-state index in [2.05, 4.69) is 32.7 Å². The molecule has 0 atom stereocenters. The minimum atomic E-state index is -0.363. The van der Waals surface area contributed by atoms with E-state index < -0.39 is 0 Å². The molecule has 0 bridgehead atoms. The van der Waals surface area contributed by atoms with Gasteiger partial charge in [-0.15, -0.1) is 11.3 Å². The second-order valence-electron chi connectivity index (χ2n) is 8.60. The van der Waals surface area contributed by atoms with Gasteiger partial charge in [0.2, 0.25) is 0 Å². The summed E-state index contributed by atoms with van der Waals surface area (Å²) in [5.41, 5.74) is 10.2. The number of benzene rings is 2. The Kier molecular flexibility index (Phi) is 6.42. The average Bonchev–Trinajstić information content (AvgIpc) is 3.52. The van der Waals surface area contributed by atoms with Crippen LogP contribution in [0.1, 0.15) is 24.1 Å². The van der Waals surface area contributed by atoms with E-state index in [4.69, 9.17) is 5.73 Å². The van der Waals surface area contributed by atoms with Crippen LogP contribution in [0, 0.1) is 10.1 Å². The maximum Gasteiger partial charge on any atom is 0.269 e. The van der Waals surface area contributed by atoms with Crippen LogP contribution >= 0.6 is 11.3 Å². The van der Waals surface area contributed by atoms with Gasteiger partial charge >= 0.3 is 0 Å². The van der Waals surface area contributed by atoms with Crippen molar-refractivity contribution in [3.05, 3.63) is 81.0 Å². The van der Waals surface area contributed by atoms with Crippen LogP contribution in [0.3, 0.4) is 0 Å². The summed E-state index contributed by atoms with van der Waals surface area (Å²) >= 11 is 1.57. The lowest BCUT2D eigenvalue weighted by Gasteiger charge is -2.27. The van der Waals surface area contributed by atoms with Crippen molar-refractivity contribution < 1.29 is 4.92 Å². The summed E-state index contributed by atoms with van der Waals surface area (Å²) in [6.45, 7) is 4.13. The van der Waals surface area contributed by atoms with Gasteiger partial charge in [-0.1, -0.05) is 12.5 Å². The molecule has 34 heavy (non-hydrogen) atoms. The second-order valence-corrected chi connectivity index (χ2v) is 9.55. The molecule has 1 fully saturated rings. The first-order chi connectivity index (χ1) is 16.6. The molecule has 0 spiro atoms. The maximum absolute atomic E-state index is 11.1. The normalized spacial score (nSPS) is 15.1. The highest BCUT2D eigenvalue weighted by atomic mass is 32.1. The fourth-order valence-electron chi connectivity index (χ4n) is 4.60. The number of rotatable bonds is 7. The van der Waals surface area contributed by atoms with Crippen LogP contribution in [0.2, 0.25) is 0 Å². The highest BCUT2D eigenvalue weighted by Gasteiger charge is 2.16. The van der Waals surface area contributed by atoms with Crippen LogP contribution in [-0.2, 0) is 6.54 Å². The molecule has 3 heterocycles. The Morgan fingerprint density at radius 1 is 1.03 bits per heavy atom. The molecule has 5 rings (SSSR count). The molecule has 4 aromatic rings. The third-order valence-electron chi connectivity index (χ3n) is 6.37. The summed E-state index contributed by atoms with van der Waals surface area (Å²) in [7, 11) is 0. The molecule has 2 aromatic carbocycles. The summed E-state index contributed by atoms with van der Waals surface area (Å²) in [6, 6.07) is 19.0. The number of fused-ring (bicyclic) bond motifs is 1. The predicted molar refractivity (Wildman–Crippen MR) is 139 cm³/mol. The van der Waals surface area contributed by atoms with Gasteiger partial charge in [0, 0.05) is 41.8 Å². The van der Waals surface area contributed by atoms with Gasteiger partial charge in [0.15, 0.2) is 0 Å². The number of hydrogen-bond acceptors (Lipinski definition) is 5. The third kappa shape index (κ3) is 4.73. The molecule has 2 aromatic heterocycles. The van der Waals surface area contributed by atoms with Gasteiger partial charge in [0.05, 0.1) is 15.5 Å². The quantitative estimate of drug-likeness (QED) is 0.159. The Labute approximate surface area is 202 Å². The van der Waals surface area contributed by atoms with Crippen LogP contribution in [0.5, 0.6) is 0 Å². The van der Waals surface area contributed by atoms with E-state index in [9.17, 15) is 10.1 Å². The molecule has 0 aliphatic carbocycles. The lowest BCUT2D eigenvalue weighted by molar-refractivity contribution is -0.384. The SMILES string of the molecule is NC(=Nc1ccc2c(c1)cc(-c1ccc([N+](=O)[O-])cc1)n2CCN1CCCCC1)c1cccs1. The van der Waals surface area contributed by atoms with Crippen LogP contribution < -0.4 is 5.73 Å². The molecular weight excluding hydrogens is 446 g/mol. The van der Waals surface area contributed by atoms with E-state index in [1.54, 1.807) is 23.5 Å². The number of aliphatic imine (C=N–C) groups is 1. The van der Waals surface area contributed by atoms with Gasteiger partial charge < -0.3 is 15.2 Å². The van der Waals surface area contributed by atoms with Crippen molar-refractivity contribution in [1.29, 1.82) is 0 Å². The molecule has 174 valence electrons. The molecule has 8 heteroatoms. The molecule has 0 unspecified atom stereocenters. The molecule has 7 nitrogen and oxygen atoms in total. The van der Waals surface area contributed by atoms with Crippen molar-refractivity contribution >= 4 is 39.5 Å². The van der Waals surface area contributed by atoms with E-state index in [1.807, 2.05) is 35.7 Å². The largest absolute Gasteiger partial charge is 0.383 e. The minimum absolute atomic E-state index is 0.0976. The first kappa shape index (κ1) is 22.3. The number of non-ortho nitro benzene ring substituents is 1. The molecule has 0 saturated carbocycles. The molecule has 2 N–H and O–H groups in total. The first-order valence-electron chi connectivity index (χ1n) is 11.6. The molecule has 1 saturated heterocycles. The summed E-state index contributed by atoms with van der Waals surface area (Å²) in [4.78, 5) is 18.9. The number of likely N-dealkylation sites (tertiary alicyclic amines) is 1. The lowest BCUT2D eigenvalue weighted by atomic mass is 10.1. The van der Waals surface area contributed by atoms with Gasteiger partial charge in [-0.2, -0.15) is 0 Å². The van der Waals surface area contributed by atoms with Crippen LogP contribution in [0.4, 0.5) is 11.4 Å². The topological polar surface area (TPSA) is 89.7 Å². The standard InChI is InChI=1S/C26H27N5O2S/c27-26(25-5-4-16-34-25)28-21-8-11-23-20(17-21)18-24(19-6-9-22(10-7-19)31(32)33)30(23)15-14-29-12-2-1-3-13-29/h4-11,16-18H,1-3,12-15H2,(H2,27,28). The molecular formula is C26H27N5O2S. The minimum Gasteiger partial charge on any atom is -0.383 e. The Balaban J connectivity index is 1.52. The van der Waals surface area contributed by atoms with Crippen molar-refractivity contribution in [2.45, 2.75) is 25.8 Å². The van der Waals surface area contributed by atoms with Gasteiger partial charge in [-0.05, 0) is 79.3 Å². The number of nitrogens with two attached hydrogens (primary N) is 1. The van der Waals surface area contributed by atoms with Crippen molar-refractivity contribution in [2.24, 2.45) is 10.7 Å². The van der Waals surface area contributed by atoms with Gasteiger partial charge in [0.25, 0.3) is 5.69 Å². The number of nitro benzene ring substituents is 1. The Bertz CT molecular complexity index is 1320. The number of thiophene rings is 1. The Morgan fingerprint density at radius 2 is 1.82 bits per heavy atom. The predicted octanol–water partition coefficient (Wildman–Crippen LogP) is 5.80. The number of amidine groups is 1. The number of aromatic nitrogens is 1. The zero-order chi connectivity index (χ0) is 23.5. The smallest absolute Gasteiger partial charge is 0.269 e. The zero-order valence-electron chi connectivity index (χ0n) is 18.9. The van der Waals surface area contributed by atoms with E-state index in [0.717, 1.165) is 58.9 Å². The third-order valence-corrected chi connectivity index (χ3v) is 7.26. The molecule has 0 amide bonds. The Morgan fingerprint density at radius 3 is 2.53 bits per heavy atom. The number of nitrogens with zero attached hydrogens (tertiary/aromatic N) is 4. The Hall–Kier alpha value is -3.49. The van der Waals surface area contributed by atoms with Gasteiger partial charge in [-0.3, -0.25) is 10.1 Å². The van der Waals surface area contributed by atoms with Crippen molar-refractivity contribution in [3.8, 4) is 11.3 Å². The summed E-state index contributed by atoms with van der Waals surface area (Å²) in [6.07, 6.45) is 3.83. The summed E-state index contributed by atoms with van der Waals surface area (Å²) in [5, 5.41) is 14.2. The highest BCUT2D eigenvalue weighted by molar-refractivity contribution is 7.12. The molecule has 1 aliphatic rings. The monoisotopic (exact) mass is 473 g/mol. The van der Waals surface area contributed by atoms with Crippen LogP contribution in [0.25, 0.3) is 22.2 Å². The van der Waals surface area contributed by atoms with E-state index in [0.29, 0.717) is 5.84 Å². The van der Waals surface area contributed by atoms with Crippen molar-refractivity contribution in [3.63, 3.8) is 0 Å². The van der Waals surface area contributed by atoms with Gasteiger partial charge in [-0.25, -0.2) is 4.99 Å². The van der Waals surface area contributed by atoms with Crippen LogP contribution in [0.15, 0.2) is 71.0 Å².